The molecule has 0 aromatic heterocycles. The SMILES string of the molecule is Cc1ccc(F)c(NC(=O)C2Cc3ccccc3N2)c1F. The Hall–Kier alpha value is -2.43. The zero-order valence-corrected chi connectivity index (χ0v) is 11.4. The van der Waals surface area contributed by atoms with Gasteiger partial charge in [-0.2, -0.15) is 0 Å². The molecule has 1 heterocycles. The number of rotatable bonds is 2. The summed E-state index contributed by atoms with van der Waals surface area (Å²) in [4.78, 5) is 12.2. The molecule has 5 heteroatoms. The Kier molecular flexibility index (Phi) is 3.33. The Morgan fingerprint density at radius 2 is 2.00 bits per heavy atom. The predicted octanol–water partition coefficient (Wildman–Crippen LogP) is 3.25. The first-order chi connectivity index (χ1) is 10.1. The number of carbonyl (C=O) groups is 1. The maximum Gasteiger partial charge on any atom is 0.247 e. The summed E-state index contributed by atoms with van der Waals surface area (Å²) >= 11 is 0. The van der Waals surface area contributed by atoms with E-state index < -0.39 is 29.3 Å². The van der Waals surface area contributed by atoms with Crippen molar-refractivity contribution in [3.63, 3.8) is 0 Å². The van der Waals surface area contributed by atoms with E-state index in [0.29, 0.717) is 6.42 Å². The van der Waals surface area contributed by atoms with Crippen LogP contribution in [0.25, 0.3) is 0 Å². The molecule has 1 aliphatic rings. The van der Waals surface area contributed by atoms with Crippen LogP contribution in [0.3, 0.4) is 0 Å². The number of hydrogen-bond acceptors (Lipinski definition) is 2. The molecule has 108 valence electrons. The molecule has 2 aromatic rings. The highest BCUT2D eigenvalue weighted by molar-refractivity contribution is 5.98. The van der Waals surface area contributed by atoms with Gasteiger partial charge in [0.25, 0.3) is 0 Å². The Morgan fingerprint density at radius 3 is 2.76 bits per heavy atom. The molecule has 0 bridgehead atoms. The number of anilines is 2. The van der Waals surface area contributed by atoms with Crippen LogP contribution in [-0.2, 0) is 11.2 Å². The van der Waals surface area contributed by atoms with Gasteiger partial charge in [0.15, 0.2) is 5.82 Å². The molecule has 2 aromatic carbocycles. The lowest BCUT2D eigenvalue weighted by molar-refractivity contribution is -0.116. The van der Waals surface area contributed by atoms with E-state index in [9.17, 15) is 13.6 Å². The van der Waals surface area contributed by atoms with E-state index in [4.69, 9.17) is 0 Å². The first-order valence-corrected chi connectivity index (χ1v) is 6.66. The van der Waals surface area contributed by atoms with Crippen molar-refractivity contribution in [2.24, 2.45) is 0 Å². The molecule has 0 radical (unpaired) electrons. The van der Waals surface area contributed by atoms with E-state index in [0.717, 1.165) is 17.3 Å². The van der Waals surface area contributed by atoms with Crippen LogP contribution in [0, 0.1) is 18.6 Å². The number of carbonyl (C=O) groups excluding carboxylic acids is 1. The highest BCUT2D eigenvalue weighted by Gasteiger charge is 2.27. The molecule has 0 fully saturated rings. The number of hydrogen-bond donors (Lipinski definition) is 2. The minimum atomic E-state index is -0.776. The number of halogens is 2. The van der Waals surface area contributed by atoms with E-state index >= 15 is 0 Å². The van der Waals surface area contributed by atoms with Gasteiger partial charge >= 0.3 is 0 Å². The second-order valence-electron chi connectivity index (χ2n) is 5.10. The van der Waals surface area contributed by atoms with Gasteiger partial charge in [-0.3, -0.25) is 4.79 Å². The molecule has 1 aliphatic heterocycles. The van der Waals surface area contributed by atoms with Crippen LogP contribution in [0.15, 0.2) is 36.4 Å². The van der Waals surface area contributed by atoms with Crippen LogP contribution in [0.5, 0.6) is 0 Å². The number of fused-ring (bicyclic) bond motifs is 1. The van der Waals surface area contributed by atoms with Crippen molar-refractivity contribution in [3.05, 3.63) is 59.2 Å². The van der Waals surface area contributed by atoms with Gasteiger partial charge in [-0.1, -0.05) is 24.3 Å². The third-order valence-electron chi connectivity index (χ3n) is 3.62. The third-order valence-corrected chi connectivity index (χ3v) is 3.62. The Morgan fingerprint density at radius 1 is 1.24 bits per heavy atom. The third kappa shape index (κ3) is 2.46. The maximum absolute atomic E-state index is 13.9. The largest absolute Gasteiger partial charge is 0.373 e. The fourth-order valence-electron chi connectivity index (χ4n) is 2.44. The van der Waals surface area contributed by atoms with E-state index in [-0.39, 0.29) is 5.56 Å². The van der Waals surface area contributed by atoms with Crippen molar-refractivity contribution in [3.8, 4) is 0 Å². The smallest absolute Gasteiger partial charge is 0.247 e. The summed E-state index contributed by atoms with van der Waals surface area (Å²) in [6, 6.07) is 9.50. The van der Waals surface area contributed by atoms with Gasteiger partial charge in [-0.25, -0.2) is 8.78 Å². The Labute approximate surface area is 121 Å². The van der Waals surface area contributed by atoms with Crippen LogP contribution >= 0.6 is 0 Å². The molecule has 3 nitrogen and oxygen atoms in total. The number of nitrogens with one attached hydrogen (secondary N) is 2. The lowest BCUT2D eigenvalue weighted by Crippen LogP contribution is -2.33. The summed E-state index contributed by atoms with van der Waals surface area (Å²) < 4.78 is 27.6. The van der Waals surface area contributed by atoms with Crippen LogP contribution in [0.4, 0.5) is 20.2 Å². The van der Waals surface area contributed by atoms with Crippen molar-refractivity contribution < 1.29 is 13.6 Å². The zero-order valence-electron chi connectivity index (χ0n) is 11.4. The van der Waals surface area contributed by atoms with Crippen molar-refractivity contribution in [2.75, 3.05) is 10.6 Å². The van der Waals surface area contributed by atoms with Crippen molar-refractivity contribution in [2.45, 2.75) is 19.4 Å². The van der Waals surface area contributed by atoms with Crippen LogP contribution in [-0.4, -0.2) is 11.9 Å². The molecule has 0 aliphatic carbocycles. The zero-order chi connectivity index (χ0) is 15.0. The maximum atomic E-state index is 13.9. The summed E-state index contributed by atoms with van der Waals surface area (Å²) in [7, 11) is 0. The molecule has 1 amide bonds. The fraction of sp³-hybridized carbons (Fsp3) is 0.188. The Balaban J connectivity index is 1.79. The van der Waals surface area contributed by atoms with Gasteiger partial charge in [-0.15, -0.1) is 0 Å². The van der Waals surface area contributed by atoms with E-state index in [1.54, 1.807) is 0 Å². The average Bonchev–Trinajstić information content (AvgIpc) is 2.91. The van der Waals surface area contributed by atoms with Crippen LogP contribution < -0.4 is 10.6 Å². The molecule has 0 saturated heterocycles. The summed E-state index contributed by atoms with van der Waals surface area (Å²) in [5.74, 6) is -1.96. The summed E-state index contributed by atoms with van der Waals surface area (Å²) in [5, 5.41) is 5.40. The highest BCUT2D eigenvalue weighted by atomic mass is 19.1. The number of amides is 1. The van der Waals surface area contributed by atoms with E-state index in [1.165, 1.54) is 13.0 Å². The number of benzene rings is 2. The summed E-state index contributed by atoms with van der Waals surface area (Å²) in [6.45, 7) is 1.52. The monoisotopic (exact) mass is 288 g/mol. The van der Waals surface area contributed by atoms with Gasteiger partial charge in [0.1, 0.15) is 17.5 Å². The molecule has 21 heavy (non-hydrogen) atoms. The highest BCUT2D eigenvalue weighted by Crippen LogP contribution is 2.27. The van der Waals surface area contributed by atoms with Crippen LogP contribution in [0.1, 0.15) is 11.1 Å². The van der Waals surface area contributed by atoms with Crippen LogP contribution in [0.2, 0.25) is 0 Å². The van der Waals surface area contributed by atoms with Gasteiger partial charge in [0.05, 0.1) is 0 Å². The molecule has 2 N–H and O–H groups in total. The average molecular weight is 288 g/mol. The van der Waals surface area contributed by atoms with Gasteiger partial charge in [0.2, 0.25) is 5.91 Å². The summed E-state index contributed by atoms with van der Waals surface area (Å²) in [5.41, 5.74) is 1.79. The molecule has 1 atom stereocenters. The van der Waals surface area contributed by atoms with E-state index in [1.807, 2.05) is 24.3 Å². The lowest BCUT2D eigenvalue weighted by Gasteiger charge is -2.14. The minimum Gasteiger partial charge on any atom is -0.373 e. The second-order valence-corrected chi connectivity index (χ2v) is 5.10. The predicted molar refractivity (Wildman–Crippen MR) is 77.3 cm³/mol. The molecular formula is C16H14F2N2O. The molecule has 3 rings (SSSR count). The topological polar surface area (TPSA) is 41.1 Å². The lowest BCUT2D eigenvalue weighted by atomic mass is 10.1. The normalized spacial score (nSPS) is 16.2. The van der Waals surface area contributed by atoms with Gasteiger partial charge < -0.3 is 10.6 Å². The number of aryl methyl sites for hydroxylation is 1. The minimum absolute atomic E-state index is 0.286. The van der Waals surface area contributed by atoms with Crippen molar-refractivity contribution in [1.29, 1.82) is 0 Å². The molecule has 1 unspecified atom stereocenters. The Bertz CT molecular complexity index is 690. The van der Waals surface area contributed by atoms with Gasteiger partial charge in [-0.05, 0) is 30.2 Å². The van der Waals surface area contributed by atoms with Crippen molar-refractivity contribution >= 4 is 17.3 Å². The quantitative estimate of drug-likeness (QED) is 0.890. The first kappa shape index (κ1) is 13.5. The first-order valence-electron chi connectivity index (χ1n) is 6.66. The molecule has 0 spiro atoms. The second kappa shape index (κ2) is 5.16. The van der Waals surface area contributed by atoms with Crippen molar-refractivity contribution in [1.82, 2.24) is 0 Å². The fourth-order valence-corrected chi connectivity index (χ4v) is 2.44. The van der Waals surface area contributed by atoms with Gasteiger partial charge in [0, 0.05) is 12.1 Å². The van der Waals surface area contributed by atoms with E-state index in [2.05, 4.69) is 10.6 Å². The standard InChI is InChI=1S/C16H14F2N2O/c1-9-6-7-11(17)15(14(9)18)20-16(21)13-8-10-4-2-3-5-12(10)19-13/h2-7,13,19H,8H2,1H3,(H,20,21). The summed E-state index contributed by atoms with van der Waals surface area (Å²) in [6.07, 6.45) is 0.497. The molecule has 0 saturated carbocycles. The molecular weight excluding hydrogens is 274 g/mol. The number of para-hydroxylation sites is 1.